The second kappa shape index (κ2) is 8.92. The summed E-state index contributed by atoms with van der Waals surface area (Å²) in [4.78, 5) is 36.5. The maximum atomic E-state index is 13.1. The van der Waals surface area contributed by atoms with E-state index < -0.39 is 35.0 Å². The van der Waals surface area contributed by atoms with Crippen LogP contribution in [0.25, 0.3) is 0 Å². The highest BCUT2D eigenvalue weighted by molar-refractivity contribution is 5.95. The highest BCUT2D eigenvalue weighted by atomic mass is 16.6. The number of non-ortho nitro benzene ring substituents is 1. The minimum atomic E-state index is -1.24. The summed E-state index contributed by atoms with van der Waals surface area (Å²) in [7, 11) is 1.47. The molecule has 1 saturated heterocycles. The number of hydrogen-bond donors (Lipinski definition) is 1. The van der Waals surface area contributed by atoms with Gasteiger partial charge in [-0.2, -0.15) is 0 Å². The van der Waals surface area contributed by atoms with Gasteiger partial charge in [-0.3, -0.25) is 14.9 Å². The molecule has 1 aliphatic rings. The van der Waals surface area contributed by atoms with Crippen molar-refractivity contribution < 1.29 is 29.1 Å². The zero-order valence-corrected chi connectivity index (χ0v) is 15.5. The first kappa shape index (κ1) is 20.8. The summed E-state index contributed by atoms with van der Waals surface area (Å²) in [5.74, 6) is -1.49. The Balaban J connectivity index is 2.28. The lowest BCUT2D eigenvalue weighted by molar-refractivity contribution is -0.384. The Morgan fingerprint density at radius 1 is 1.41 bits per heavy atom. The predicted molar refractivity (Wildman–Crippen MR) is 94.9 cm³/mol. The number of methoxy groups -OCH3 is 1. The van der Waals surface area contributed by atoms with Crippen molar-refractivity contribution in [2.75, 3.05) is 20.3 Å². The van der Waals surface area contributed by atoms with Gasteiger partial charge in [-0.05, 0) is 30.0 Å². The molecule has 2 rings (SSSR count). The Morgan fingerprint density at radius 3 is 2.56 bits per heavy atom. The third-order valence-corrected chi connectivity index (χ3v) is 4.69. The van der Waals surface area contributed by atoms with Gasteiger partial charge in [-0.15, -0.1) is 0 Å². The average Bonchev–Trinajstić information content (AvgIpc) is 3.03. The molecule has 9 heteroatoms. The Labute approximate surface area is 157 Å². The van der Waals surface area contributed by atoms with Crippen LogP contribution in [0.15, 0.2) is 24.3 Å². The maximum absolute atomic E-state index is 13.1. The van der Waals surface area contributed by atoms with Crippen molar-refractivity contribution in [3.8, 4) is 0 Å². The largest absolute Gasteiger partial charge is 0.447 e. The fraction of sp³-hybridized carbons (Fsp3) is 0.556. The Bertz CT molecular complexity index is 689. The molecule has 1 fully saturated rings. The van der Waals surface area contributed by atoms with Crippen molar-refractivity contribution in [3.63, 3.8) is 0 Å². The lowest BCUT2D eigenvalue weighted by Gasteiger charge is -2.29. The molecule has 1 N–H and O–H groups in total. The number of amides is 2. The molecule has 0 bridgehead atoms. The van der Waals surface area contributed by atoms with Crippen molar-refractivity contribution in [1.29, 1.82) is 0 Å². The lowest BCUT2D eigenvalue weighted by atomic mass is 9.90. The van der Waals surface area contributed by atoms with Crippen LogP contribution in [0.4, 0.5) is 10.5 Å². The quantitative estimate of drug-likeness (QED) is 0.543. The molecule has 148 valence electrons. The van der Waals surface area contributed by atoms with Crippen LogP contribution in [0, 0.1) is 22.0 Å². The summed E-state index contributed by atoms with van der Waals surface area (Å²) in [6.07, 6.45) is -1.78. The number of nitro groups is 1. The van der Waals surface area contributed by atoms with E-state index in [2.05, 4.69) is 0 Å². The second-order valence-corrected chi connectivity index (χ2v) is 6.78. The molecule has 0 aromatic heterocycles. The highest BCUT2D eigenvalue weighted by Gasteiger charge is 2.44. The van der Waals surface area contributed by atoms with Crippen LogP contribution >= 0.6 is 0 Å². The summed E-state index contributed by atoms with van der Waals surface area (Å²) >= 11 is 0. The van der Waals surface area contributed by atoms with Crippen molar-refractivity contribution >= 4 is 17.7 Å². The number of imide groups is 1. The van der Waals surface area contributed by atoms with Crippen LogP contribution in [-0.4, -0.2) is 53.3 Å². The van der Waals surface area contributed by atoms with Crippen LogP contribution in [0.1, 0.15) is 31.9 Å². The molecule has 1 aromatic rings. The molecule has 27 heavy (non-hydrogen) atoms. The topological polar surface area (TPSA) is 119 Å². The summed E-state index contributed by atoms with van der Waals surface area (Å²) in [6.45, 7) is 4.08. The molecule has 2 amide bonds. The number of nitro benzene ring substituents is 1. The molecule has 1 aliphatic heterocycles. The van der Waals surface area contributed by atoms with E-state index in [1.807, 2.05) is 13.8 Å². The van der Waals surface area contributed by atoms with E-state index in [9.17, 15) is 24.8 Å². The molecule has 1 aromatic carbocycles. The summed E-state index contributed by atoms with van der Waals surface area (Å²) in [5.41, 5.74) is 0.234. The SMILES string of the molecule is COCC[C@@H](C(=O)N1C(=O)OC[C@@H]1C(C)C)[C@H](O)c1ccc([N+](=O)[O-])cc1. The van der Waals surface area contributed by atoms with Gasteiger partial charge in [0.25, 0.3) is 5.69 Å². The number of aliphatic hydroxyl groups excluding tert-OH is 1. The first-order valence-corrected chi connectivity index (χ1v) is 8.69. The minimum absolute atomic E-state index is 0.00000660. The van der Waals surface area contributed by atoms with Gasteiger partial charge in [0.15, 0.2) is 0 Å². The molecule has 9 nitrogen and oxygen atoms in total. The summed E-state index contributed by atoms with van der Waals surface area (Å²) in [5, 5.41) is 21.5. The van der Waals surface area contributed by atoms with Crippen LogP contribution < -0.4 is 0 Å². The lowest BCUT2D eigenvalue weighted by Crippen LogP contribution is -2.46. The van der Waals surface area contributed by atoms with Gasteiger partial charge in [0.05, 0.1) is 23.0 Å². The third-order valence-electron chi connectivity index (χ3n) is 4.69. The first-order chi connectivity index (χ1) is 12.8. The normalized spacial score (nSPS) is 19.1. The van der Waals surface area contributed by atoms with Crippen LogP contribution in [-0.2, 0) is 14.3 Å². The standard InChI is InChI=1S/C18H24N2O7/c1-11(2)15-10-27-18(23)19(15)17(22)14(8-9-26-3)16(21)12-4-6-13(7-5-12)20(24)25/h4-7,11,14-16,21H,8-10H2,1-3H3/t14-,15-,16-/m1/s1. The number of benzene rings is 1. The number of carbonyl (C=O) groups excluding carboxylic acids is 2. The minimum Gasteiger partial charge on any atom is -0.447 e. The number of rotatable bonds is 8. The first-order valence-electron chi connectivity index (χ1n) is 8.69. The molecular formula is C18H24N2O7. The van der Waals surface area contributed by atoms with Crippen molar-refractivity contribution in [2.24, 2.45) is 11.8 Å². The molecule has 0 saturated carbocycles. The number of carbonyl (C=O) groups is 2. The van der Waals surface area contributed by atoms with Crippen LogP contribution in [0.5, 0.6) is 0 Å². The van der Waals surface area contributed by atoms with Gasteiger partial charge in [0, 0.05) is 25.8 Å². The average molecular weight is 380 g/mol. The van der Waals surface area contributed by atoms with E-state index in [0.29, 0.717) is 5.56 Å². The van der Waals surface area contributed by atoms with E-state index in [0.717, 1.165) is 4.90 Å². The van der Waals surface area contributed by atoms with Crippen molar-refractivity contribution in [1.82, 2.24) is 4.90 Å². The zero-order valence-electron chi connectivity index (χ0n) is 15.5. The van der Waals surface area contributed by atoms with Crippen LogP contribution in [0.2, 0.25) is 0 Å². The van der Waals surface area contributed by atoms with E-state index >= 15 is 0 Å². The Morgan fingerprint density at radius 2 is 2.04 bits per heavy atom. The van der Waals surface area contributed by atoms with Gasteiger partial charge < -0.3 is 14.6 Å². The van der Waals surface area contributed by atoms with Gasteiger partial charge in [-0.25, -0.2) is 9.69 Å². The van der Waals surface area contributed by atoms with Crippen molar-refractivity contribution in [3.05, 3.63) is 39.9 Å². The number of aliphatic hydroxyl groups is 1. The Hall–Kier alpha value is -2.52. The van der Waals surface area contributed by atoms with Gasteiger partial charge in [-0.1, -0.05) is 13.8 Å². The number of cyclic esters (lactones) is 1. The second-order valence-electron chi connectivity index (χ2n) is 6.78. The van der Waals surface area contributed by atoms with Crippen molar-refractivity contribution in [2.45, 2.75) is 32.4 Å². The van der Waals surface area contributed by atoms with E-state index in [4.69, 9.17) is 9.47 Å². The fourth-order valence-corrected chi connectivity index (χ4v) is 3.05. The number of ether oxygens (including phenoxy) is 2. The van der Waals surface area contributed by atoms with Gasteiger partial charge in [0.2, 0.25) is 5.91 Å². The summed E-state index contributed by atoms with van der Waals surface area (Å²) < 4.78 is 10.1. The third kappa shape index (κ3) is 4.61. The fourth-order valence-electron chi connectivity index (χ4n) is 3.05. The predicted octanol–water partition coefficient (Wildman–Crippen LogP) is 2.28. The van der Waals surface area contributed by atoms with Crippen LogP contribution in [0.3, 0.4) is 0 Å². The van der Waals surface area contributed by atoms with Gasteiger partial charge >= 0.3 is 6.09 Å². The monoisotopic (exact) mass is 380 g/mol. The Kier molecular flexibility index (Phi) is 6.86. The summed E-state index contributed by atoms with van der Waals surface area (Å²) in [6, 6.07) is 4.92. The highest BCUT2D eigenvalue weighted by Crippen LogP contribution is 2.31. The van der Waals surface area contributed by atoms with E-state index in [-0.39, 0.29) is 31.2 Å². The van der Waals surface area contributed by atoms with E-state index in [1.165, 1.54) is 31.4 Å². The molecule has 1 heterocycles. The molecule has 0 aliphatic carbocycles. The number of hydrogen-bond acceptors (Lipinski definition) is 7. The zero-order chi connectivity index (χ0) is 20.1. The van der Waals surface area contributed by atoms with E-state index in [1.54, 1.807) is 0 Å². The van der Waals surface area contributed by atoms with Gasteiger partial charge in [0.1, 0.15) is 6.61 Å². The maximum Gasteiger partial charge on any atom is 0.416 e. The smallest absolute Gasteiger partial charge is 0.416 e. The molecule has 0 radical (unpaired) electrons. The molecular weight excluding hydrogens is 356 g/mol. The number of nitrogens with zero attached hydrogens (tertiary/aromatic N) is 2. The molecule has 0 unspecified atom stereocenters. The molecule has 0 spiro atoms. The molecule has 3 atom stereocenters.